The Kier molecular flexibility index (Phi) is 6.41. The molecule has 1 fully saturated rings. The summed E-state index contributed by atoms with van der Waals surface area (Å²) in [5.41, 5.74) is 1.87. The van der Waals surface area contributed by atoms with E-state index in [-0.39, 0.29) is 29.8 Å². The summed E-state index contributed by atoms with van der Waals surface area (Å²) in [5, 5.41) is 2.79. The second-order valence-corrected chi connectivity index (χ2v) is 7.58. The number of nitrogens with one attached hydrogen (secondary N) is 1. The molecule has 0 heterocycles. The molecule has 1 aromatic carbocycles. The Morgan fingerprint density at radius 2 is 1.71 bits per heavy atom. The highest BCUT2D eigenvalue weighted by molar-refractivity contribution is 5.94. The van der Waals surface area contributed by atoms with Crippen LogP contribution < -0.4 is 5.32 Å². The van der Waals surface area contributed by atoms with Crippen molar-refractivity contribution in [1.29, 1.82) is 0 Å². The molecule has 0 unspecified atom stereocenters. The summed E-state index contributed by atoms with van der Waals surface area (Å²) < 4.78 is 5.44. The van der Waals surface area contributed by atoms with Gasteiger partial charge in [-0.05, 0) is 48.8 Å². The summed E-state index contributed by atoms with van der Waals surface area (Å²) in [5.74, 6) is -0.369. The van der Waals surface area contributed by atoms with Gasteiger partial charge in [0, 0.05) is 12.1 Å². The maximum absolute atomic E-state index is 12.1. The topological polar surface area (TPSA) is 55.4 Å². The largest absolute Gasteiger partial charge is 0.462 e. The maximum Gasteiger partial charge on any atom is 0.307 e. The minimum absolute atomic E-state index is 0.0673. The summed E-state index contributed by atoms with van der Waals surface area (Å²) in [6.07, 6.45) is 5.75. The van der Waals surface area contributed by atoms with Crippen molar-refractivity contribution in [2.45, 2.75) is 70.8 Å². The molecule has 1 aliphatic carbocycles. The van der Waals surface area contributed by atoms with Gasteiger partial charge in [0.25, 0.3) is 5.91 Å². The molecule has 1 aliphatic rings. The average Bonchev–Trinajstić information content (AvgIpc) is 2.55. The second-order valence-electron chi connectivity index (χ2n) is 7.58. The molecule has 0 bridgehead atoms. The van der Waals surface area contributed by atoms with E-state index in [1.807, 2.05) is 24.3 Å². The van der Waals surface area contributed by atoms with Crippen molar-refractivity contribution in [3.63, 3.8) is 0 Å². The number of rotatable bonds is 5. The van der Waals surface area contributed by atoms with E-state index in [4.69, 9.17) is 4.74 Å². The fraction of sp³-hybridized carbons (Fsp3) is 0.600. The van der Waals surface area contributed by atoms with Crippen molar-refractivity contribution in [3.05, 3.63) is 35.4 Å². The predicted molar refractivity (Wildman–Crippen MR) is 95.1 cm³/mol. The van der Waals surface area contributed by atoms with Crippen molar-refractivity contribution in [2.75, 3.05) is 6.54 Å². The Balaban J connectivity index is 1.73. The number of benzene rings is 1. The fourth-order valence-corrected chi connectivity index (χ4v) is 2.93. The van der Waals surface area contributed by atoms with Crippen LogP contribution in [0.1, 0.15) is 75.2 Å². The molecule has 132 valence electrons. The van der Waals surface area contributed by atoms with Gasteiger partial charge in [-0.3, -0.25) is 9.59 Å². The van der Waals surface area contributed by atoms with Crippen LogP contribution in [0.15, 0.2) is 24.3 Å². The van der Waals surface area contributed by atoms with Crippen LogP contribution in [-0.4, -0.2) is 24.5 Å². The standard InChI is InChI=1S/C20H29NO3/c1-20(2,3)16-11-9-15(10-12-16)19(23)21-14-13-18(22)24-17-7-5-4-6-8-17/h9-12,17H,4-8,13-14H2,1-3H3,(H,21,23). The SMILES string of the molecule is CC(C)(C)c1ccc(C(=O)NCCC(=O)OC2CCCCC2)cc1. The molecule has 2 rings (SSSR count). The van der Waals surface area contributed by atoms with E-state index in [9.17, 15) is 9.59 Å². The number of hydrogen-bond donors (Lipinski definition) is 1. The highest BCUT2D eigenvalue weighted by Gasteiger charge is 2.18. The zero-order valence-electron chi connectivity index (χ0n) is 15.1. The molecule has 0 aliphatic heterocycles. The number of carbonyl (C=O) groups excluding carboxylic acids is 2. The van der Waals surface area contributed by atoms with E-state index < -0.39 is 0 Å². The zero-order chi connectivity index (χ0) is 17.6. The Morgan fingerprint density at radius 3 is 2.29 bits per heavy atom. The molecule has 4 heteroatoms. The van der Waals surface area contributed by atoms with Crippen molar-refractivity contribution in [2.24, 2.45) is 0 Å². The van der Waals surface area contributed by atoms with Gasteiger partial charge in [0.2, 0.25) is 0 Å². The van der Waals surface area contributed by atoms with Crippen molar-refractivity contribution < 1.29 is 14.3 Å². The fourth-order valence-electron chi connectivity index (χ4n) is 2.93. The van der Waals surface area contributed by atoms with E-state index in [2.05, 4.69) is 26.1 Å². The quantitative estimate of drug-likeness (QED) is 0.830. The lowest BCUT2D eigenvalue weighted by Crippen LogP contribution is -2.28. The summed E-state index contributed by atoms with van der Waals surface area (Å²) in [7, 11) is 0. The molecule has 0 radical (unpaired) electrons. The molecule has 24 heavy (non-hydrogen) atoms. The summed E-state index contributed by atoms with van der Waals surface area (Å²) in [6.45, 7) is 6.73. The van der Waals surface area contributed by atoms with Gasteiger partial charge in [-0.15, -0.1) is 0 Å². The molecule has 1 N–H and O–H groups in total. The lowest BCUT2D eigenvalue weighted by Gasteiger charge is -2.21. The maximum atomic E-state index is 12.1. The first-order chi connectivity index (χ1) is 11.4. The number of carbonyl (C=O) groups is 2. The Morgan fingerprint density at radius 1 is 1.08 bits per heavy atom. The van der Waals surface area contributed by atoms with E-state index in [0.717, 1.165) is 25.7 Å². The molecular weight excluding hydrogens is 302 g/mol. The predicted octanol–water partition coefficient (Wildman–Crippen LogP) is 3.98. The Labute approximate surface area is 145 Å². The van der Waals surface area contributed by atoms with E-state index in [1.165, 1.54) is 12.0 Å². The molecule has 1 aromatic rings. The number of amides is 1. The second kappa shape index (κ2) is 8.32. The van der Waals surface area contributed by atoms with Gasteiger partial charge in [0.15, 0.2) is 0 Å². The number of ether oxygens (including phenoxy) is 1. The molecule has 0 saturated heterocycles. The molecular formula is C20H29NO3. The molecule has 0 aromatic heterocycles. The van der Waals surface area contributed by atoms with Crippen LogP contribution in [0, 0.1) is 0 Å². The van der Waals surface area contributed by atoms with Crippen LogP contribution in [0.25, 0.3) is 0 Å². The van der Waals surface area contributed by atoms with Crippen LogP contribution >= 0.6 is 0 Å². The van der Waals surface area contributed by atoms with E-state index in [1.54, 1.807) is 0 Å². The van der Waals surface area contributed by atoms with Crippen LogP contribution in [0.5, 0.6) is 0 Å². The lowest BCUT2D eigenvalue weighted by molar-refractivity contribution is -0.150. The van der Waals surface area contributed by atoms with Gasteiger partial charge < -0.3 is 10.1 Å². The van der Waals surface area contributed by atoms with Crippen LogP contribution in [0.4, 0.5) is 0 Å². The lowest BCUT2D eigenvalue weighted by atomic mass is 9.87. The van der Waals surface area contributed by atoms with Gasteiger partial charge in [-0.2, -0.15) is 0 Å². The van der Waals surface area contributed by atoms with Crippen molar-refractivity contribution in [1.82, 2.24) is 5.32 Å². The zero-order valence-corrected chi connectivity index (χ0v) is 15.1. The minimum atomic E-state index is -0.217. The van der Waals surface area contributed by atoms with Crippen LogP contribution in [0.3, 0.4) is 0 Å². The first-order valence-corrected chi connectivity index (χ1v) is 8.94. The van der Waals surface area contributed by atoms with Gasteiger partial charge in [0.1, 0.15) is 6.10 Å². The van der Waals surface area contributed by atoms with E-state index in [0.29, 0.717) is 12.1 Å². The van der Waals surface area contributed by atoms with Crippen molar-refractivity contribution in [3.8, 4) is 0 Å². The van der Waals surface area contributed by atoms with Gasteiger partial charge in [-0.1, -0.05) is 39.3 Å². The number of esters is 1. The average molecular weight is 331 g/mol. The van der Waals surface area contributed by atoms with Crippen LogP contribution in [0.2, 0.25) is 0 Å². The summed E-state index contributed by atoms with van der Waals surface area (Å²) in [4.78, 5) is 23.9. The summed E-state index contributed by atoms with van der Waals surface area (Å²) in [6, 6.07) is 7.62. The summed E-state index contributed by atoms with van der Waals surface area (Å²) >= 11 is 0. The first-order valence-electron chi connectivity index (χ1n) is 8.94. The molecule has 0 spiro atoms. The van der Waals surface area contributed by atoms with Gasteiger partial charge in [-0.25, -0.2) is 0 Å². The van der Waals surface area contributed by atoms with Gasteiger partial charge in [0.05, 0.1) is 6.42 Å². The highest BCUT2D eigenvalue weighted by Crippen LogP contribution is 2.22. The molecule has 4 nitrogen and oxygen atoms in total. The Bertz CT molecular complexity index is 551. The molecule has 0 atom stereocenters. The minimum Gasteiger partial charge on any atom is -0.462 e. The van der Waals surface area contributed by atoms with E-state index >= 15 is 0 Å². The first kappa shape index (κ1) is 18.5. The molecule has 1 amide bonds. The monoisotopic (exact) mass is 331 g/mol. The Hall–Kier alpha value is -1.84. The number of hydrogen-bond acceptors (Lipinski definition) is 3. The third kappa shape index (κ3) is 5.66. The highest BCUT2D eigenvalue weighted by atomic mass is 16.5. The third-order valence-corrected chi connectivity index (χ3v) is 4.48. The molecule has 1 saturated carbocycles. The smallest absolute Gasteiger partial charge is 0.307 e. The van der Waals surface area contributed by atoms with Crippen molar-refractivity contribution >= 4 is 11.9 Å². The third-order valence-electron chi connectivity index (χ3n) is 4.48. The normalized spacial score (nSPS) is 15.8. The van der Waals surface area contributed by atoms with Crippen LogP contribution in [-0.2, 0) is 14.9 Å². The van der Waals surface area contributed by atoms with Gasteiger partial charge >= 0.3 is 5.97 Å².